The smallest absolute Gasteiger partial charge is 0.234 e. The quantitative estimate of drug-likeness (QED) is 0.114. The molecule has 0 aromatic carbocycles. The summed E-state index contributed by atoms with van der Waals surface area (Å²) in [6, 6.07) is -0.817. The van der Waals surface area contributed by atoms with Gasteiger partial charge in [0.05, 0.1) is 71.2 Å². The Morgan fingerprint density at radius 2 is 1.55 bits per heavy atom. The first-order valence-electron chi connectivity index (χ1n) is 10.0. The summed E-state index contributed by atoms with van der Waals surface area (Å²) in [5, 5.41) is 55.1. The minimum Gasteiger partial charge on any atom is -0.396 e. The summed E-state index contributed by atoms with van der Waals surface area (Å²) in [4.78, 5) is 11.1. The maximum absolute atomic E-state index is 11.1. The van der Waals surface area contributed by atoms with E-state index in [0.29, 0.717) is 12.1 Å². The van der Waals surface area contributed by atoms with Crippen LogP contribution in [-0.4, -0.2) is 112 Å². The zero-order chi connectivity index (χ0) is 23.3. The highest BCUT2D eigenvalue weighted by Gasteiger charge is 2.35. The highest BCUT2D eigenvalue weighted by atomic mass is 16.5. The molecule has 0 radical (unpaired) electrons. The SMILES string of the molecule is NC(=O)[C@H](N)CCc1cn(C(CO)(COCC(CO)CO)COCC(CO)CO)nn1. The lowest BCUT2D eigenvalue weighted by Gasteiger charge is -2.32. The minimum absolute atomic E-state index is 0.0413. The molecule has 1 aromatic rings. The van der Waals surface area contributed by atoms with Gasteiger partial charge in [-0.25, -0.2) is 4.68 Å². The lowest BCUT2D eigenvalue weighted by Crippen LogP contribution is -2.47. The maximum Gasteiger partial charge on any atom is 0.234 e. The van der Waals surface area contributed by atoms with E-state index in [-0.39, 0.29) is 59.3 Å². The van der Waals surface area contributed by atoms with Gasteiger partial charge in [-0.1, -0.05) is 5.21 Å². The molecule has 0 saturated heterocycles. The summed E-state index contributed by atoms with van der Waals surface area (Å²) >= 11 is 0. The average Bonchev–Trinajstić information content (AvgIpc) is 3.26. The lowest BCUT2D eigenvalue weighted by atomic mass is 10.0. The first kappa shape index (κ1) is 27.3. The third-order valence-electron chi connectivity index (χ3n) is 4.88. The van der Waals surface area contributed by atoms with Gasteiger partial charge in [0.2, 0.25) is 5.91 Å². The highest BCUT2D eigenvalue weighted by Crippen LogP contribution is 2.19. The van der Waals surface area contributed by atoms with Gasteiger partial charge in [0, 0.05) is 18.0 Å². The van der Waals surface area contributed by atoms with Crippen LogP contribution in [0.1, 0.15) is 12.1 Å². The molecule has 13 heteroatoms. The van der Waals surface area contributed by atoms with Gasteiger partial charge in [-0.15, -0.1) is 5.10 Å². The number of primary amides is 1. The van der Waals surface area contributed by atoms with Crippen LogP contribution in [0.3, 0.4) is 0 Å². The Morgan fingerprint density at radius 1 is 1.03 bits per heavy atom. The Bertz CT molecular complexity index is 606. The number of nitrogens with two attached hydrogens (primary N) is 2. The molecule has 1 heterocycles. The number of amides is 1. The van der Waals surface area contributed by atoms with Gasteiger partial charge in [0.25, 0.3) is 0 Å². The Morgan fingerprint density at radius 3 is 1.97 bits per heavy atom. The molecule has 1 aromatic heterocycles. The zero-order valence-electron chi connectivity index (χ0n) is 17.5. The van der Waals surface area contributed by atoms with E-state index in [1.165, 1.54) is 4.68 Å². The molecule has 1 atom stereocenters. The van der Waals surface area contributed by atoms with Crippen molar-refractivity contribution in [1.82, 2.24) is 15.0 Å². The van der Waals surface area contributed by atoms with E-state index in [2.05, 4.69) is 10.3 Å². The summed E-state index contributed by atoms with van der Waals surface area (Å²) in [6.45, 7) is -1.56. The molecule has 0 spiro atoms. The third kappa shape index (κ3) is 8.74. The third-order valence-corrected chi connectivity index (χ3v) is 4.88. The lowest BCUT2D eigenvalue weighted by molar-refractivity contribution is -0.119. The number of nitrogens with zero attached hydrogens (tertiary/aromatic N) is 3. The second-order valence-corrected chi connectivity index (χ2v) is 7.58. The first-order valence-corrected chi connectivity index (χ1v) is 10.0. The number of ether oxygens (including phenoxy) is 2. The second kappa shape index (κ2) is 14.4. The molecule has 9 N–H and O–H groups in total. The molecule has 13 nitrogen and oxygen atoms in total. The van der Waals surface area contributed by atoms with Crippen molar-refractivity contribution in [2.24, 2.45) is 23.3 Å². The number of carbonyl (C=O) groups is 1. The van der Waals surface area contributed by atoms with Crippen molar-refractivity contribution in [1.29, 1.82) is 0 Å². The highest BCUT2D eigenvalue weighted by molar-refractivity contribution is 5.79. The van der Waals surface area contributed by atoms with E-state index in [1.54, 1.807) is 6.20 Å². The van der Waals surface area contributed by atoms with Crippen LogP contribution in [-0.2, 0) is 26.2 Å². The van der Waals surface area contributed by atoms with Crippen LogP contribution in [0.5, 0.6) is 0 Å². The number of aliphatic hydroxyl groups is 5. The number of rotatable bonds is 18. The molecule has 0 aliphatic carbocycles. The van der Waals surface area contributed by atoms with E-state index in [1.807, 2.05) is 0 Å². The maximum atomic E-state index is 11.1. The number of aliphatic hydroxyl groups excluding tert-OH is 5. The number of hydrogen-bond acceptors (Lipinski definition) is 11. The molecule has 0 aliphatic rings. The van der Waals surface area contributed by atoms with Gasteiger partial charge in [-0.2, -0.15) is 0 Å². The Kier molecular flexibility index (Phi) is 12.7. The Labute approximate surface area is 180 Å². The molecular formula is C18H35N5O8. The topological polar surface area (TPSA) is 219 Å². The van der Waals surface area contributed by atoms with Crippen molar-refractivity contribution in [3.05, 3.63) is 11.9 Å². The predicted molar refractivity (Wildman–Crippen MR) is 108 cm³/mol. The normalized spacial score (nSPS) is 13.3. The largest absolute Gasteiger partial charge is 0.396 e. The van der Waals surface area contributed by atoms with E-state index >= 15 is 0 Å². The Hall–Kier alpha value is -1.71. The van der Waals surface area contributed by atoms with Crippen molar-refractivity contribution >= 4 is 5.91 Å². The van der Waals surface area contributed by atoms with Crippen molar-refractivity contribution in [3.63, 3.8) is 0 Å². The number of hydrogen-bond donors (Lipinski definition) is 7. The molecule has 0 unspecified atom stereocenters. The van der Waals surface area contributed by atoms with E-state index in [9.17, 15) is 30.3 Å². The summed E-state index contributed by atoms with van der Waals surface area (Å²) in [6.07, 6.45) is 2.18. The first-order chi connectivity index (χ1) is 14.8. The predicted octanol–water partition coefficient (Wildman–Crippen LogP) is -4.05. The second-order valence-electron chi connectivity index (χ2n) is 7.58. The van der Waals surface area contributed by atoms with Crippen LogP contribution >= 0.6 is 0 Å². The Balaban J connectivity index is 2.92. The summed E-state index contributed by atoms with van der Waals surface area (Å²) in [5.74, 6) is -1.58. The van der Waals surface area contributed by atoms with Crippen LogP contribution in [0.2, 0.25) is 0 Å². The standard InChI is InChI=1S/C18H35N5O8/c19-16(17(20)29)2-1-15-3-23(22-21-15)18(10-28,11-30-8-13(4-24)5-25)12-31-9-14(6-26)7-27/h3,13-14,16,24-28H,1-2,4-12,19H2,(H2,20,29)/t16-/m1/s1. The monoisotopic (exact) mass is 449 g/mol. The molecular weight excluding hydrogens is 414 g/mol. The minimum atomic E-state index is -1.19. The fourth-order valence-electron chi connectivity index (χ4n) is 2.59. The molecule has 1 rings (SSSR count). The number of carbonyl (C=O) groups excluding carboxylic acids is 1. The summed E-state index contributed by atoms with van der Waals surface area (Å²) in [7, 11) is 0. The van der Waals surface area contributed by atoms with Gasteiger partial charge >= 0.3 is 0 Å². The van der Waals surface area contributed by atoms with Crippen LogP contribution in [0.15, 0.2) is 6.20 Å². The molecule has 31 heavy (non-hydrogen) atoms. The van der Waals surface area contributed by atoms with Crippen molar-refractivity contribution in [2.45, 2.75) is 24.4 Å². The molecule has 0 fully saturated rings. The van der Waals surface area contributed by atoms with E-state index < -0.39 is 35.9 Å². The number of aromatic nitrogens is 3. The van der Waals surface area contributed by atoms with Gasteiger partial charge in [-0.05, 0) is 12.8 Å². The van der Waals surface area contributed by atoms with Crippen LogP contribution in [0, 0.1) is 11.8 Å². The van der Waals surface area contributed by atoms with Gasteiger partial charge in [-0.3, -0.25) is 4.79 Å². The van der Waals surface area contributed by atoms with Gasteiger partial charge < -0.3 is 46.5 Å². The average molecular weight is 450 g/mol. The van der Waals surface area contributed by atoms with Crippen LogP contribution < -0.4 is 11.5 Å². The van der Waals surface area contributed by atoms with Crippen molar-refractivity contribution in [2.75, 3.05) is 59.5 Å². The summed E-state index contributed by atoms with van der Waals surface area (Å²) < 4.78 is 12.6. The van der Waals surface area contributed by atoms with Crippen molar-refractivity contribution in [3.8, 4) is 0 Å². The fraction of sp³-hybridized carbons (Fsp3) is 0.833. The molecule has 1 amide bonds. The molecule has 0 saturated carbocycles. The zero-order valence-corrected chi connectivity index (χ0v) is 17.5. The van der Waals surface area contributed by atoms with E-state index in [0.717, 1.165) is 0 Å². The number of aryl methyl sites for hydroxylation is 1. The van der Waals surface area contributed by atoms with Crippen LogP contribution in [0.4, 0.5) is 0 Å². The van der Waals surface area contributed by atoms with Gasteiger partial charge in [0.1, 0.15) is 5.54 Å². The van der Waals surface area contributed by atoms with Crippen molar-refractivity contribution < 1.29 is 39.8 Å². The van der Waals surface area contributed by atoms with Crippen LogP contribution in [0.25, 0.3) is 0 Å². The molecule has 0 aliphatic heterocycles. The van der Waals surface area contributed by atoms with E-state index in [4.69, 9.17) is 20.9 Å². The molecule has 0 bridgehead atoms. The molecule has 180 valence electrons. The fourth-order valence-corrected chi connectivity index (χ4v) is 2.59. The summed E-state index contributed by atoms with van der Waals surface area (Å²) in [5.41, 5.74) is 10.1. The van der Waals surface area contributed by atoms with Gasteiger partial charge in [0.15, 0.2) is 0 Å².